The number of ether oxygens (including phenoxy) is 1. The first kappa shape index (κ1) is 16.5. The third-order valence-corrected chi connectivity index (χ3v) is 3.84. The Labute approximate surface area is 145 Å². The van der Waals surface area contributed by atoms with E-state index in [-0.39, 0.29) is 11.3 Å². The van der Waals surface area contributed by atoms with Gasteiger partial charge in [0.25, 0.3) is 0 Å². The highest BCUT2D eigenvalue weighted by atomic mass is 16.5. The molecule has 126 valence electrons. The molecular weight excluding hydrogens is 316 g/mol. The fraction of sp³-hybridized carbons (Fsp3) is 0.100. The Morgan fingerprint density at radius 2 is 1.88 bits per heavy atom. The maximum Gasteiger partial charge on any atom is 0.341 e. The fourth-order valence-electron chi connectivity index (χ4n) is 2.53. The van der Waals surface area contributed by atoms with E-state index >= 15 is 0 Å². The summed E-state index contributed by atoms with van der Waals surface area (Å²) < 4.78 is 4.67. The van der Waals surface area contributed by atoms with Gasteiger partial charge < -0.3 is 15.2 Å². The van der Waals surface area contributed by atoms with Crippen LogP contribution in [-0.2, 0) is 11.3 Å². The van der Waals surface area contributed by atoms with Crippen LogP contribution >= 0.6 is 0 Å². The number of rotatable bonds is 5. The second-order valence-electron chi connectivity index (χ2n) is 5.51. The van der Waals surface area contributed by atoms with Crippen molar-refractivity contribution in [1.29, 1.82) is 0 Å². The van der Waals surface area contributed by atoms with Crippen LogP contribution in [0.4, 0.5) is 5.69 Å². The van der Waals surface area contributed by atoms with Crippen LogP contribution in [0.15, 0.2) is 67.0 Å². The molecule has 0 aliphatic heterocycles. The van der Waals surface area contributed by atoms with Crippen LogP contribution in [0.2, 0.25) is 0 Å². The number of hydrogen-bond donors (Lipinski definition) is 2. The van der Waals surface area contributed by atoms with E-state index in [9.17, 15) is 9.90 Å². The van der Waals surface area contributed by atoms with Crippen LogP contribution in [0.3, 0.4) is 0 Å². The minimum Gasteiger partial charge on any atom is -0.507 e. The number of anilines is 1. The number of pyridine rings is 1. The van der Waals surface area contributed by atoms with Gasteiger partial charge in [-0.15, -0.1) is 0 Å². The summed E-state index contributed by atoms with van der Waals surface area (Å²) >= 11 is 0. The molecule has 3 aromatic rings. The second kappa shape index (κ2) is 7.49. The number of methoxy groups -OCH3 is 1. The molecule has 0 radical (unpaired) electrons. The number of hydrogen-bond acceptors (Lipinski definition) is 5. The molecule has 2 N–H and O–H groups in total. The number of phenols is 1. The lowest BCUT2D eigenvalue weighted by Crippen LogP contribution is -2.04. The summed E-state index contributed by atoms with van der Waals surface area (Å²) in [4.78, 5) is 15.7. The number of nitrogens with zero attached hydrogens (tertiary/aromatic N) is 1. The minimum absolute atomic E-state index is 0.0999. The van der Waals surface area contributed by atoms with Gasteiger partial charge in [0.1, 0.15) is 11.3 Å². The smallest absolute Gasteiger partial charge is 0.341 e. The normalized spacial score (nSPS) is 10.3. The fourth-order valence-corrected chi connectivity index (χ4v) is 2.53. The number of phenolic OH excluding ortho intramolecular Hbond substituents is 1. The van der Waals surface area contributed by atoms with E-state index in [2.05, 4.69) is 27.2 Å². The number of aromatic nitrogens is 1. The van der Waals surface area contributed by atoms with Crippen LogP contribution in [-0.4, -0.2) is 23.2 Å². The van der Waals surface area contributed by atoms with Crippen molar-refractivity contribution in [1.82, 2.24) is 4.98 Å². The van der Waals surface area contributed by atoms with E-state index < -0.39 is 5.97 Å². The Bertz CT molecular complexity index is 879. The molecule has 0 bridgehead atoms. The van der Waals surface area contributed by atoms with Crippen LogP contribution in [0.5, 0.6) is 5.75 Å². The zero-order chi connectivity index (χ0) is 17.6. The van der Waals surface area contributed by atoms with Crippen molar-refractivity contribution < 1.29 is 14.6 Å². The Balaban J connectivity index is 1.75. The predicted octanol–water partition coefficient (Wildman–Crippen LogP) is 3.85. The first-order valence-electron chi connectivity index (χ1n) is 7.82. The predicted molar refractivity (Wildman–Crippen MR) is 96.4 cm³/mol. The van der Waals surface area contributed by atoms with Gasteiger partial charge in [-0.25, -0.2) is 4.79 Å². The Morgan fingerprint density at radius 3 is 2.64 bits per heavy atom. The molecule has 1 heterocycles. The molecule has 5 heteroatoms. The van der Waals surface area contributed by atoms with E-state index in [1.54, 1.807) is 24.5 Å². The van der Waals surface area contributed by atoms with Gasteiger partial charge in [0.05, 0.1) is 7.11 Å². The van der Waals surface area contributed by atoms with Crippen molar-refractivity contribution in [2.24, 2.45) is 0 Å². The Kier molecular flexibility index (Phi) is 4.95. The molecule has 0 unspecified atom stereocenters. The molecule has 0 aliphatic rings. The van der Waals surface area contributed by atoms with E-state index in [1.807, 2.05) is 24.3 Å². The lowest BCUT2D eigenvalue weighted by molar-refractivity contribution is 0.0597. The van der Waals surface area contributed by atoms with Gasteiger partial charge in [0.15, 0.2) is 0 Å². The average molecular weight is 334 g/mol. The molecule has 1 aromatic heterocycles. The van der Waals surface area contributed by atoms with Gasteiger partial charge in [0, 0.05) is 24.6 Å². The molecule has 0 aliphatic carbocycles. The first-order valence-corrected chi connectivity index (χ1v) is 7.82. The monoisotopic (exact) mass is 334 g/mol. The quantitative estimate of drug-likeness (QED) is 0.548. The largest absolute Gasteiger partial charge is 0.507 e. The molecule has 5 nitrogen and oxygen atoms in total. The molecule has 0 spiro atoms. The SMILES string of the molecule is COC(=O)c1cc(NCc2cccc(-c3ccncc3)c2)ccc1O. The molecule has 25 heavy (non-hydrogen) atoms. The Hall–Kier alpha value is -3.34. The van der Waals surface area contributed by atoms with E-state index in [0.29, 0.717) is 6.54 Å². The van der Waals surface area contributed by atoms with Crippen LogP contribution in [0, 0.1) is 0 Å². The maximum absolute atomic E-state index is 11.6. The molecule has 0 amide bonds. The zero-order valence-corrected chi connectivity index (χ0v) is 13.8. The van der Waals surface area contributed by atoms with E-state index in [4.69, 9.17) is 0 Å². The highest BCUT2D eigenvalue weighted by molar-refractivity contribution is 5.93. The third kappa shape index (κ3) is 3.95. The van der Waals surface area contributed by atoms with Crippen LogP contribution in [0.25, 0.3) is 11.1 Å². The standard InChI is InChI=1S/C20H18N2O3/c1-25-20(24)18-12-17(5-6-19(18)23)22-13-14-3-2-4-16(11-14)15-7-9-21-10-8-15/h2-12,22-23H,13H2,1H3. The summed E-state index contributed by atoms with van der Waals surface area (Å²) in [5, 5.41) is 13.0. The van der Waals surface area contributed by atoms with Gasteiger partial charge in [-0.3, -0.25) is 4.98 Å². The number of carbonyl (C=O) groups excluding carboxylic acids is 1. The van der Waals surface area contributed by atoms with Crippen molar-refractivity contribution >= 4 is 11.7 Å². The van der Waals surface area contributed by atoms with Gasteiger partial charge in [-0.1, -0.05) is 18.2 Å². The summed E-state index contributed by atoms with van der Waals surface area (Å²) in [6.45, 7) is 0.588. The number of nitrogens with one attached hydrogen (secondary N) is 1. The molecule has 3 rings (SSSR count). The van der Waals surface area contributed by atoms with Gasteiger partial charge in [-0.2, -0.15) is 0 Å². The summed E-state index contributed by atoms with van der Waals surface area (Å²) in [5.74, 6) is -0.669. The topological polar surface area (TPSA) is 71.5 Å². The number of aromatic hydroxyl groups is 1. The highest BCUT2D eigenvalue weighted by Crippen LogP contribution is 2.24. The lowest BCUT2D eigenvalue weighted by Gasteiger charge is -2.10. The Morgan fingerprint density at radius 1 is 1.08 bits per heavy atom. The lowest BCUT2D eigenvalue weighted by atomic mass is 10.0. The third-order valence-electron chi connectivity index (χ3n) is 3.84. The molecule has 0 saturated heterocycles. The molecule has 0 fully saturated rings. The summed E-state index contributed by atoms with van der Waals surface area (Å²) in [6.07, 6.45) is 3.54. The second-order valence-corrected chi connectivity index (χ2v) is 5.51. The van der Waals surface area contributed by atoms with Crippen LogP contribution < -0.4 is 5.32 Å². The summed E-state index contributed by atoms with van der Waals surface area (Å²) in [7, 11) is 1.28. The van der Waals surface area contributed by atoms with Crippen molar-refractivity contribution in [3.63, 3.8) is 0 Å². The van der Waals surface area contributed by atoms with Crippen LogP contribution in [0.1, 0.15) is 15.9 Å². The van der Waals surface area contributed by atoms with Crippen molar-refractivity contribution in [2.45, 2.75) is 6.54 Å². The number of carbonyl (C=O) groups is 1. The maximum atomic E-state index is 11.6. The summed E-state index contributed by atoms with van der Waals surface area (Å²) in [6, 6.07) is 16.9. The first-order chi connectivity index (χ1) is 12.2. The van der Waals surface area contributed by atoms with E-state index in [0.717, 1.165) is 22.4 Å². The summed E-state index contributed by atoms with van der Waals surface area (Å²) in [5.41, 5.74) is 4.18. The van der Waals surface area contributed by atoms with Gasteiger partial charge in [0.2, 0.25) is 0 Å². The average Bonchev–Trinajstić information content (AvgIpc) is 2.67. The van der Waals surface area contributed by atoms with Gasteiger partial charge >= 0.3 is 5.97 Å². The number of benzene rings is 2. The van der Waals surface area contributed by atoms with Crippen molar-refractivity contribution in [3.8, 4) is 16.9 Å². The minimum atomic E-state index is -0.569. The van der Waals surface area contributed by atoms with E-state index in [1.165, 1.54) is 13.2 Å². The highest BCUT2D eigenvalue weighted by Gasteiger charge is 2.12. The number of esters is 1. The molecule has 0 saturated carbocycles. The zero-order valence-electron chi connectivity index (χ0n) is 13.8. The van der Waals surface area contributed by atoms with Crippen molar-refractivity contribution in [3.05, 3.63) is 78.1 Å². The van der Waals surface area contributed by atoms with Crippen molar-refractivity contribution in [2.75, 3.05) is 12.4 Å². The molecule has 0 atom stereocenters. The molecular formula is C20H18N2O3. The van der Waals surface area contributed by atoms with Gasteiger partial charge in [-0.05, 0) is 53.1 Å². The molecule has 2 aromatic carbocycles.